The van der Waals surface area contributed by atoms with E-state index in [1.807, 2.05) is 0 Å². The van der Waals surface area contributed by atoms with E-state index in [1.165, 1.54) is 0 Å². The van der Waals surface area contributed by atoms with Crippen molar-refractivity contribution in [1.82, 2.24) is 10.2 Å². The molecule has 0 aromatic carbocycles. The summed E-state index contributed by atoms with van der Waals surface area (Å²) in [5.74, 6) is -0.233. The molecule has 1 aliphatic heterocycles. The molecule has 1 fully saturated rings. The standard InChI is InChI=1S/C10H22BN5O2/c12-7(3-1-5-15-10(13)14)9(17)16-6-2-4-8(16)11-18/h7-8,11,18H,1-6,12H2,(H4,13,14,15). The second-order valence-corrected chi connectivity index (χ2v) is 4.60. The second-order valence-electron chi connectivity index (χ2n) is 4.60. The Morgan fingerprint density at radius 2 is 2.39 bits per heavy atom. The van der Waals surface area contributed by atoms with Crippen molar-refractivity contribution in [2.45, 2.75) is 37.7 Å². The van der Waals surface area contributed by atoms with Gasteiger partial charge in [0.1, 0.15) is 0 Å². The van der Waals surface area contributed by atoms with Crippen molar-refractivity contribution in [1.29, 1.82) is 5.41 Å². The first kappa shape index (κ1) is 14.8. The van der Waals surface area contributed by atoms with Gasteiger partial charge in [0.2, 0.25) is 5.91 Å². The van der Waals surface area contributed by atoms with Crippen LogP contribution in [-0.4, -0.2) is 54.3 Å². The molecule has 0 aromatic heterocycles. The lowest BCUT2D eigenvalue weighted by atomic mass is 9.86. The largest absolute Gasteiger partial charge is 0.452 e. The van der Waals surface area contributed by atoms with Crippen LogP contribution in [0.1, 0.15) is 25.7 Å². The summed E-state index contributed by atoms with van der Waals surface area (Å²) >= 11 is 0. The normalized spacial score (nSPS) is 20.6. The molecule has 0 saturated carbocycles. The van der Waals surface area contributed by atoms with E-state index < -0.39 is 6.04 Å². The third-order valence-corrected chi connectivity index (χ3v) is 3.20. The monoisotopic (exact) mass is 255 g/mol. The van der Waals surface area contributed by atoms with Gasteiger partial charge in [0.05, 0.1) is 6.04 Å². The van der Waals surface area contributed by atoms with Gasteiger partial charge in [0, 0.05) is 19.0 Å². The first-order valence-electron chi connectivity index (χ1n) is 6.31. The molecule has 0 bridgehead atoms. The molecule has 0 radical (unpaired) electrons. The summed E-state index contributed by atoms with van der Waals surface area (Å²) in [6.07, 6.45) is 3.01. The lowest BCUT2D eigenvalue weighted by Crippen LogP contribution is -2.48. The maximum Gasteiger partial charge on any atom is 0.293 e. The van der Waals surface area contributed by atoms with Crippen molar-refractivity contribution < 1.29 is 9.82 Å². The minimum absolute atomic E-state index is 0.00432. The number of nitrogens with zero attached hydrogens (tertiary/aromatic N) is 1. The summed E-state index contributed by atoms with van der Waals surface area (Å²) in [6, 6.07) is -0.536. The highest BCUT2D eigenvalue weighted by Crippen LogP contribution is 2.17. The van der Waals surface area contributed by atoms with E-state index in [1.54, 1.807) is 4.90 Å². The van der Waals surface area contributed by atoms with Gasteiger partial charge in [0.15, 0.2) is 5.96 Å². The van der Waals surface area contributed by atoms with Crippen LogP contribution in [0.25, 0.3) is 0 Å². The molecule has 7 N–H and O–H groups in total. The Bertz CT molecular complexity index is 302. The molecule has 102 valence electrons. The molecule has 0 aromatic rings. The molecule has 0 aliphatic carbocycles. The Morgan fingerprint density at radius 1 is 1.67 bits per heavy atom. The smallest absolute Gasteiger partial charge is 0.293 e. The van der Waals surface area contributed by atoms with Gasteiger partial charge in [-0.05, 0) is 25.7 Å². The molecule has 1 aliphatic rings. The average Bonchev–Trinajstić information content (AvgIpc) is 2.81. The van der Waals surface area contributed by atoms with Crippen molar-refractivity contribution in [3.05, 3.63) is 0 Å². The van der Waals surface area contributed by atoms with E-state index in [9.17, 15) is 4.79 Å². The van der Waals surface area contributed by atoms with Gasteiger partial charge in [-0.1, -0.05) is 0 Å². The minimum Gasteiger partial charge on any atom is -0.452 e. The van der Waals surface area contributed by atoms with Crippen LogP contribution in [0.2, 0.25) is 0 Å². The van der Waals surface area contributed by atoms with Crippen molar-refractivity contribution in [3.8, 4) is 0 Å². The average molecular weight is 255 g/mol. The van der Waals surface area contributed by atoms with Crippen LogP contribution in [0.3, 0.4) is 0 Å². The summed E-state index contributed by atoms with van der Waals surface area (Å²) < 4.78 is 0. The summed E-state index contributed by atoms with van der Waals surface area (Å²) in [4.78, 5) is 13.7. The molecule has 0 spiro atoms. The van der Waals surface area contributed by atoms with Crippen LogP contribution in [-0.2, 0) is 4.79 Å². The van der Waals surface area contributed by atoms with Gasteiger partial charge >= 0.3 is 0 Å². The van der Waals surface area contributed by atoms with E-state index >= 15 is 0 Å². The zero-order valence-electron chi connectivity index (χ0n) is 10.6. The number of guanidine groups is 1. The van der Waals surface area contributed by atoms with Crippen LogP contribution in [0.4, 0.5) is 0 Å². The lowest BCUT2D eigenvalue weighted by molar-refractivity contribution is -0.132. The Kier molecular flexibility index (Phi) is 5.93. The maximum absolute atomic E-state index is 12.0. The molecular weight excluding hydrogens is 233 g/mol. The van der Waals surface area contributed by atoms with Gasteiger partial charge < -0.3 is 26.7 Å². The van der Waals surface area contributed by atoms with E-state index in [0.29, 0.717) is 25.9 Å². The highest BCUT2D eigenvalue weighted by molar-refractivity contribution is 6.28. The Hall–Kier alpha value is -1.28. The predicted octanol–water partition coefficient (Wildman–Crippen LogP) is -2.13. The quantitative estimate of drug-likeness (QED) is 0.160. The van der Waals surface area contributed by atoms with Crippen molar-refractivity contribution in [2.75, 3.05) is 13.1 Å². The first-order chi connectivity index (χ1) is 8.56. The molecule has 2 atom stereocenters. The van der Waals surface area contributed by atoms with E-state index in [0.717, 1.165) is 12.8 Å². The number of carbonyl (C=O) groups excluding carboxylic acids is 1. The molecule has 1 rings (SSSR count). The van der Waals surface area contributed by atoms with Crippen molar-refractivity contribution in [3.63, 3.8) is 0 Å². The van der Waals surface area contributed by atoms with Gasteiger partial charge in [-0.25, -0.2) is 0 Å². The fourth-order valence-corrected chi connectivity index (χ4v) is 2.20. The third-order valence-electron chi connectivity index (χ3n) is 3.20. The number of rotatable bonds is 6. The van der Waals surface area contributed by atoms with Crippen LogP contribution in [0, 0.1) is 5.41 Å². The summed E-state index contributed by atoms with van der Waals surface area (Å²) in [6.45, 7) is 1.23. The number of hydrogen-bond donors (Lipinski definition) is 5. The van der Waals surface area contributed by atoms with E-state index in [2.05, 4.69) is 5.32 Å². The Labute approximate surface area is 108 Å². The van der Waals surface area contributed by atoms with E-state index in [4.69, 9.17) is 21.9 Å². The SMILES string of the molecule is N=C(N)NCCCC(N)C(=O)N1CCCC1BO. The zero-order valence-corrected chi connectivity index (χ0v) is 10.6. The molecule has 1 heterocycles. The molecular formula is C10H22BN5O2. The molecule has 18 heavy (non-hydrogen) atoms. The van der Waals surface area contributed by atoms with Gasteiger partial charge in [-0.2, -0.15) is 0 Å². The number of hydrogen-bond acceptors (Lipinski definition) is 4. The van der Waals surface area contributed by atoms with Gasteiger partial charge in [-0.3, -0.25) is 10.2 Å². The molecule has 2 unspecified atom stereocenters. The minimum atomic E-state index is -0.536. The Morgan fingerprint density at radius 3 is 3.00 bits per heavy atom. The first-order valence-corrected chi connectivity index (χ1v) is 6.31. The third kappa shape index (κ3) is 4.19. The molecule has 1 saturated heterocycles. The molecule has 7 nitrogen and oxygen atoms in total. The number of amides is 1. The van der Waals surface area contributed by atoms with Crippen LogP contribution in [0.5, 0.6) is 0 Å². The summed E-state index contributed by atoms with van der Waals surface area (Å²) in [5, 5.41) is 18.8. The highest BCUT2D eigenvalue weighted by atomic mass is 16.2. The van der Waals surface area contributed by atoms with Crippen LogP contribution >= 0.6 is 0 Å². The predicted molar refractivity (Wildman–Crippen MR) is 71.2 cm³/mol. The topological polar surface area (TPSA) is 128 Å². The number of nitrogens with two attached hydrogens (primary N) is 2. The van der Waals surface area contributed by atoms with Gasteiger partial charge in [-0.15, -0.1) is 0 Å². The van der Waals surface area contributed by atoms with Crippen LogP contribution < -0.4 is 16.8 Å². The summed E-state index contributed by atoms with van der Waals surface area (Å²) in [7, 11) is 0.00432. The maximum atomic E-state index is 12.0. The number of carbonyl (C=O) groups is 1. The number of nitrogens with one attached hydrogen (secondary N) is 2. The highest BCUT2D eigenvalue weighted by Gasteiger charge is 2.31. The Balaban J connectivity index is 2.30. The zero-order chi connectivity index (χ0) is 13.5. The second kappa shape index (κ2) is 7.22. The fourth-order valence-electron chi connectivity index (χ4n) is 2.20. The molecule has 8 heteroatoms. The fraction of sp³-hybridized carbons (Fsp3) is 0.800. The van der Waals surface area contributed by atoms with Gasteiger partial charge in [0.25, 0.3) is 7.48 Å². The van der Waals surface area contributed by atoms with Crippen molar-refractivity contribution >= 4 is 19.3 Å². The van der Waals surface area contributed by atoms with Crippen molar-refractivity contribution in [2.24, 2.45) is 11.5 Å². The lowest BCUT2D eigenvalue weighted by Gasteiger charge is -2.25. The summed E-state index contributed by atoms with van der Waals surface area (Å²) in [5.41, 5.74) is 11.0. The van der Waals surface area contributed by atoms with E-state index in [-0.39, 0.29) is 25.3 Å². The molecule has 1 amide bonds. The number of likely N-dealkylation sites (tertiary alicyclic amines) is 1. The van der Waals surface area contributed by atoms with Crippen LogP contribution in [0.15, 0.2) is 0 Å².